The minimum atomic E-state index is -0.473. The van der Waals surface area contributed by atoms with E-state index in [-0.39, 0.29) is 17.3 Å². The molecular weight excluding hydrogens is 380 g/mol. The van der Waals surface area contributed by atoms with Crippen molar-refractivity contribution >= 4 is 0 Å². The predicted octanol–water partition coefficient (Wildman–Crippen LogP) is 5.77. The first-order chi connectivity index (χ1) is 14.4. The first kappa shape index (κ1) is 22.2. The molecule has 0 spiro atoms. The summed E-state index contributed by atoms with van der Waals surface area (Å²) in [6.45, 7) is 4.65. The van der Waals surface area contributed by atoms with Crippen LogP contribution in [0.4, 0.5) is 8.78 Å². The number of rotatable bonds is 10. The lowest BCUT2D eigenvalue weighted by Crippen LogP contribution is -2.24. The summed E-state index contributed by atoms with van der Waals surface area (Å²) in [4.78, 5) is 4.87. The van der Waals surface area contributed by atoms with Crippen molar-refractivity contribution in [2.24, 2.45) is 11.1 Å². The fraction of sp³-hybridized carbons (Fsp3) is 0.400. The van der Waals surface area contributed by atoms with E-state index in [2.05, 4.69) is 30.5 Å². The van der Waals surface area contributed by atoms with Gasteiger partial charge in [-0.15, -0.1) is 0 Å². The van der Waals surface area contributed by atoms with E-state index in [4.69, 9.17) is 10.7 Å². The number of alkyl halides is 1. The summed E-state index contributed by atoms with van der Waals surface area (Å²) in [6.07, 6.45) is 5.29. The lowest BCUT2D eigenvalue weighted by atomic mass is 9.83. The van der Waals surface area contributed by atoms with Gasteiger partial charge in [-0.25, -0.2) is 13.8 Å². The molecule has 0 radical (unpaired) electrons. The molecule has 30 heavy (non-hydrogen) atoms. The van der Waals surface area contributed by atoms with Gasteiger partial charge in [-0.2, -0.15) is 0 Å². The fourth-order valence-electron chi connectivity index (χ4n) is 3.74. The highest BCUT2D eigenvalue weighted by Gasteiger charge is 2.23. The van der Waals surface area contributed by atoms with Crippen LogP contribution in [0.1, 0.15) is 44.5 Å². The van der Waals surface area contributed by atoms with Crippen LogP contribution in [0.25, 0.3) is 11.3 Å². The van der Waals surface area contributed by atoms with E-state index in [0.29, 0.717) is 13.0 Å². The smallest absolute Gasteiger partial charge is 0.123 e. The normalized spacial score (nSPS) is 12.8. The topological polar surface area (TPSA) is 43.8 Å². The molecule has 0 aliphatic carbocycles. The summed E-state index contributed by atoms with van der Waals surface area (Å²) in [5.74, 6) is 0.703. The van der Waals surface area contributed by atoms with Crippen LogP contribution >= 0.6 is 0 Å². The molecule has 0 saturated carbocycles. The van der Waals surface area contributed by atoms with Crippen LogP contribution in [-0.4, -0.2) is 22.3 Å². The van der Waals surface area contributed by atoms with E-state index in [1.54, 1.807) is 6.07 Å². The fourth-order valence-corrected chi connectivity index (χ4v) is 3.74. The van der Waals surface area contributed by atoms with Gasteiger partial charge in [-0.3, -0.25) is 0 Å². The maximum atomic E-state index is 13.7. The van der Waals surface area contributed by atoms with Gasteiger partial charge in [-0.05, 0) is 36.0 Å². The van der Waals surface area contributed by atoms with Crippen LogP contribution in [0.2, 0.25) is 0 Å². The molecule has 2 N–H and O–H groups in total. The van der Waals surface area contributed by atoms with Crippen molar-refractivity contribution in [3.63, 3.8) is 0 Å². The van der Waals surface area contributed by atoms with Gasteiger partial charge in [0.2, 0.25) is 0 Å². The molecule has 0 amide bonds. The van der Waals surface area contributed by atoms with Crippen molar-refractivity contribution in [2.45, 2.75) is 52.1 Å². The van der Waals surface area contributed by atoms with Crippen LogP contribution in [0.15, 0.2) is 60.8 Å². The molecule has 3 rings (SSSR count). The Bertz CT molecular complexity index is 935. The molecular formula is C25H31F2N3. The number of nitrogens with zero attached hydrogens (tertiary/aromatic N) is 2. The Hall–Kier alpha value is -2.53. The summed E-state index contributed by atoms with van der Waals surface area (Å²) < 4.78 is 28.5. The van der Waals surface area contributed by atoms with Crippen LogP contribution in [0.3, 0.4) is 0 Å². The van der Waals surface area contributed by atoms with E-state index >= 15 is 0 Å². The molecule has 0 aliphatic heterocycles. The van der Waals surface area contributed by atoms with Crippen molar-refractivity contribution in [3.05, 3.63) is 78.0 Å². The van der Waals surface area contributed by atoms with Crippen molar-refractivity contribution in [3.8, 4) is 11.3 Å². The average molecular weight is 412 g/mol. The zero-order valence-electron chi connectivity index (χ0n) is 17.8. The van der Waals surface area contributed by atoms with E-state index in [1.807, 2.05) is 30.5 Å². The van der Waals surface area contributed by atoms with Gasteiger partial charge < -0.3 is 10.3 Å². The van der Waals surface area contributed by atoms with Crippen LogP contribution in [-0.2, 0) is 13.0 Å². The van der Waals surface area contributed by atoms with Gasteiger partial charge in [0.15, 0.2) is 0 Å². The Kier molecular flexibility index (Phi) is 7.38. The largest absolute Gasteiger partial charge is 0.330 e. The summed E-state index contributed by atoms with van der Waals surface area (Å²) >= 11 is 0. The van der Waals surface area contributed by atoms with Gasteiger partial charge >= 0.3 is 0 Å². The Morgan fingerprint density at radius 2 is 1.87 bits per heavy atom. The first-order valence-electron chi connectivity index (χ1n) is 10.5. The minimum Gasteiger partial charge on any atom is -0.330 e. The second-order valence-electron chi connectivity index (χ2n) is 8.81. The maximum absolute atomic E-state index is 13.7. The monoisotopic (exact) mass is 411 g/mol. The Morgan fingerprint density at radius 3 is 2.57 bits per heavy atom. The standard InChI is InChI=1S/C25H31F2N3/c1-25(2,13-7-12-22(28)16-26)15-24-29-23(20-10-6-11-21(27)14-20)18-30(24)17-19-8-4-3-5-9-19/h3-6,8-11,14,18,22H,7,12-13,15-17,28H2,1-2H3/t22-/m1/s1. The van der Waals surface area contributed by atoms with E-state index < -0.39 is 6.67 Å². The molecule has 5 heteroatoms. The van der Waals surface area contributed by atoms with Gasteiger partial charge in [0.05, 0.1) is 5.69 Å². The van der Waals surface area contributed by atoms with Crippen LogP contribution in [0.5, 0.6) is 0 Å². The van der Waals surface area contributed by atoms with E-state index in [0.717, 1.165) is 36.3 Å². The zero-order valence-corrected chi connectivity index (χ0v) is 17.8. The predicted molar refractivity (Wildman–Crippen MR) is 118 cm³/mol. The molecule has 1 aromatic heterocycles. The van der Waals surface area contributed by atoms with Crippen LogP contribution < -0.4 is 5.73 Å². The quantitative estimate of drug-likeness (QED) is 0.460. The minimum absolute atomic E-state index is 0.00493. The molecule has 0 fully saturated rings. The number of halogens is 2. The second kappa shape index (κ2) is 9.98. The van der Waals surface area contributed by atoms with Crippen molar-refractivity contribution in [1.29, 1.82) is 0 Å². The molecule has 0 unspecified atom stereocenters. The maximum Gasteiger partial charge on any atom is 0.123 e. The number of hydrogen-bond donors (Lipinski definition) is 1. The highest BCUT2D eigenvalue weighted by molar-refractivity contribution is 5.58. The molecule has 1 heterocycles. The third kappa shape index (κ3) is 6.23. The van der Waals surface area contributed by atoms with Crippen LogP contribution in [0, 0.1) is 11.2 Å². The van der Waals surface area contributed by atoms with Crippen molar-refractivity contribution in [1.82, 2.24) is 9.55 Å². The molecule has 3 aromatic rings. The molecule has 0 saturated heterocycles. The summed E-state index contributed by atoms with van der Waals surface area (Å²) in [5, 5.41) is 0. The molecule has 160 valence electrons. The van der Waals surface area contributed by atoms with Gasteiger partial charge in [0.1, 0.15) is 18.3 Å². The molecule has 0 aliphatic rings. The van der Waals surface area contributed by atoms with Crippen molar-refractivity contribution in [2.75, 3.05) is 6.67 Å². The Balaban J connectivity index is 1.83. The molecule has 1 atom stereocenters. The van der Waals surface area contributed by atoms with Crippen molar-refractivity contribution < 1.29 is 8.78 Å². The highest BCUT2D eigenvalue weighted by atomic mass is 19.1. The summed E-state index contributed by atoms with van der Waals surface area (Å²) in [7, 11) is 0. The SMILES string of the molecule is CC(C)(CCC[C@@H](N)CF)Cc1nc(-c2cccc(F)c2)cn1Cc1ccccc1. The lowest BCUT2D eigenvalue weighted by Gasteiger charge is -2.25. The number of hydrogen-bond acceptors (Lipinski definition) is 2. The third-order valence-electron chi connectivity index (χ3n) is 5.44. The van der Waals surface area contributed by atoms with Gasteiger partial charge in [0, 0.05) is 30.8 Å². The van der Waals surface area contributed by atoms with E-state index in [1.165, 1.54) is 17.7 Å². The second-order valence-corrected chi connectivity index (χ2v) is 8.81. The first-order valence-corrected chi connectivity index (χ1v) is 10.5. The molecule has 0 bridgehead atoms. The summed E-state index contributed by atoms with van der Waals surface area (Å²) in [5.41, 5.74) is 8.45. The van der Waals surface area contributed by atoms with E-state index in [9.17, 15) is 8.78 Å². The van der Waals surface area contributed by atoms with Gasteiger partial charge in [-0.1, -0.05) is 62.7 Å². The van der Waals surface area contributed by atoms with Gasteiger partial charge in [0.25, 0.3) is 0 Å². The summed E-state index contributed by atoms with van der Waals surface area (Å²) in [6, 6.07) is 16.4. The number of nitrogens with two attached hydrogens (primary N) is 1. The zero-order chi connectivity index (χ0) is 21.6. The number of imidazole rings is 1. The molecule has 3 nitrogen and oxygen atoms in total. The average Bonchev–Trinajstić information content (AvgIpc) is 3.10. The number of benzene rings is 2. The number of aromatic nitrogens is 2. The third-order valence-corrected chi connectivity index (χ3v) is 5.44. The Morgan fingerprint density at radius 1 is 1.10 bits per heavy atom. The highest BCUT2D eigenvalue weighted by Crippen LogP contribution is 2.30. The Labute approximate surface area is 178 Å². The molecule has 2 aromatic carbocycles. The lowest BCUT2D eigenvalue weighted by molar-refractivity contribution is 0.297.